The molecule has 0 aliphatic carbocycles. The Hall–Kier alpha value is -3.50. The van der Waals surface area contributed by atoms with Crippen molar-refractivity contribution in [2.24, 2.45) is 5.92 Å². The molecule has 0 saturated carbocycles. The molecule has 3 aromatic rings. The Morgan fingerprint density at radius 1 is 1.03 bits per heavy atom. The van der Waals surface area contributed by atoms with E-state index in [-0.39, 0.29) is 23.0 Å². The average Bonchev–Trinajstić information content (AvgIpc) is 3.33. The van der Waals surface area contributed by atoms with Gasteiger partial charge >= 0.3 is 0 Å². The highest BCUT2D eigenvalue weighted by Gasteiger charge is 2.34. The summed E-state index contributed by atoms with van der Waals surface area (Å²) < 4.78 is 46.7. The molecule has 1 aromatic heterocycles. The highest BCUT2D eigenvalue weighted by molar-refractivity contribution is 7.89. The van der Waals surface area contributed by atoms with Crippen LogP contribution >= 0.6 is 0 Å². The minimum atomic E-state index is -3.97. The van der Waals surface area contributed by atoms with Gasteiger partial charge in [-0.2, -0.15) is 0 Å². The molecule has 2 amide bonds. The van der Waals surface area contributed by atoms with Crippen LogP contribution in [0.15, 0.2) is 82.3 Å². The number of hydrogen-bond donors (Lipinski definition) is 2. The molecule has 0 bridgehead atoms. The van der Waals surface area contributed by atoms with Crippen molar-refractivity contribution < 1.29 is 26.8 Å². The SMILES string of the molecule is CC(C)C(C(=O)NCc1ccco1)N(C(=O)CNS(=O)(=O)c1ccccc1)c1cccc(F)c1. The van der Waals surface area contributed by atoms with Gasteiger partial charge in [0.2, 0.25) is 21.8 Å². The van der Waals surface area contributed by atoms with Gasteiger partial charge in [0, 0.05) is 5.69 Å². The van der Waals surface area contributed by atoms with Gasteiger partial charge in [-0.1, -0.05) is 38.1 Å². The molecule has 2 N–H and O–H groups in total. The average molecular weight is 488 g/mol. The maximum absolute atomic E-state index is 14.0. The van der Waals surface area contributed by atoms with Crippen molar-refractivity contribution in [1.29, 1.82) is 0 Å². The molecule has 0 radical (unpaired) electrons. The standard InChI is InChI=1S/C24H26FN3O5S/c1-17(2)23(24(30)26-15-20-10-7-13-33-20)28(19-9-6-8-18(25)14-19)22(29)16-27-34(31,32)21-11-4-3-5-12-21/h3-14,17,23,27H,15-16H2,1-2H3,(H,26,30). The van der Waals surface area contributed by atoms with Gasteiger partial charge < -0.3 is 9.73 Å². The zero-order valence-corrected chi connectivity index (χ0v) is 19.6. The summed E-state index contributed by atoms with van der Waals surface area (Å²) in [6.45, 7) is 2.96. The number of carbonyl (C=O) groups is 2. The van der Waals surface area contributed by atoms with E-state index in [1.807, 2.05) is 0 Å². The summed E-state index contributed by atoms with van der Waals surface area (Å²) in [5.74, 6) is -1.66. The van der Waals surface area contributed by atoms with Crippen LogP contribution in [0.25, 0.3) is 0 Å². The van der Waals surface area contributed by atoms with Crippen molar-refractivity contribution in [2.45, 2.75) is 31.3 Å². The van der Waals surface area contributed by atoms with Crippen molar-refractivity contribution in [1.82, 2.24) is 10.0 Å². The largest absolute Gasteiger partial charge is 0.467 e. The fourth-order valence-electron chi connectivity index (χ4n) is 3.42. The summed E-state index contributed by atoms with van der Waals surface area (Å²) in [5, 5.41) is 2.73. The lowest BCUT2D eigenvalue weighted by atomic mass is 10.00. The van der Waals surface area contributed by atoms with E-state index < -0.39 is 40.2 Å². The number of hydrogen-bond acceptors (Lipinski definition) is 5. The molecule has 0 aliphatic rings. The Labute approximate surface area is 197 Å². The Morgan fingerprint density at radius 2 is 1.76 bits per heavy atom. The molecular weight excluding hydrogens is 461 g/mol. The first-order valence-electron chi connectivity index (χ1n) is 10.6. The predicted octanol–water partition coefficient (Wildman–Crippen LogP) is 3.07. The first-order valence-corrected chi connectivity index (χ1v) is 12.1. The molecule has 0 aliphatic heterocycles. The van der Waals surface area contributed by atoms with E-state index in [1.54, 1.807) is 44.2 Å². The number of benzene rings is 2. The van der Waals surface area contributed by atoms with Gasteiger partial charge in [-0.3, -0.25) is 14.5 Å². The van der Waals surface area contributed by atoms with E-state index in [0.29, 0.717) is 5.76 Å². The molecule has 34 heavy (non-hydrogen) atoms. The zero-order chi connectivity index (χ0) is 24.7. The van der Waals surface area contributed by atoms with E-state index in [0.717, 1.165) is 11.0 Å². The minimum absolute atomic E-state index is 0.00305. The van der Waals surface area contributed by atoms with E-state index >= 15 is 0 Å². The third-order valence-corrected chi connectivity index (χ3v) is 6.43. The fraction of sp³-hybridized carbons (Fsp3) is 0.250. The van der Waals surface area contributed by atoms with Crippen LogP contribution in [-0.2, 0) is 26.2 Å². The van der Waals surface area contributed by atoms with Crippen LogP contribution in [0.2, 0.25) is 0 Å². The molecule has 3 rings (SSSR count). The van der Waals surface area contributed by atoms with Gasteiger partial charge in [-0.05, 0) is 48.4 Å². The summed E-state index contributed by atoms with van der Waals surface area (Å²) in [7, 11) is -3.97. The second-order valence-corrected chi connectivity index (χ2v) is 9.63. The van der Waals surface area contributed by atoms with Crippen LogP contribution in [0.5, 0.6) is 0 Å². The molecular formula is C24H26FN3O5S. The van der Waals surface area contributed by atoms with Gasteiger partial charge in [-0.15, -0.1) is 0 Å². The van der Waals surface area contributed by atoms with E-state index in [2.05, 4.69) is 10.0 Å². The lowest BCUT2D eigenvalue weighted by Gasteiger charge is -2.33. The molecule has 1 heterocycles. The molecule has 0 saturated heterocycles. The van der Waals surface area contributed by atoms with Crippen LogP contribution in [-0.4, -0.2) is 32.8 Å². The van der Waals surface area contributed by atoms with Crippen LogP contribution < -0.4 is 14.9 Å². The third kappa shape index (κ3) is 6.30. The Balaban J connectivity index is 1.87. The summed E-state index contributed by atoms with van der Waals surface area (Å²) in [4.78, 5) is 27.5. The van der Waals surface area contributed by atoms with Crippen LogP contribution in [0.4, 0.5) is 10.1 Å². The highest BCUT2D eigenvalue weighted by Crippen LogP contribution is 2.23. The van der Waals surface area contributed by atoms with Gasteiger partial charge in [0.25, 0.3) is 0 Å². The lowest BCUT2D eigenvalue weighted by molar-refractivity contribution is -0.127. The molecule has 10 heteroatoms. The normalized spacial score (nSPS) is 12.4. The summed E-state index contributed by atoms with van der Waals surface area (Å²) >= 11 is 0. The van der Waals surface area contributed by atoms with E-state index in [4.69, 9.17) is 4.42 Å². The number of nitrogens with one attached hydrogen (secondary N) is 2. The number of halogens is 1. The summed E-state index contributed by atoms with van der Waals surface area (Å²) in [6, 6.07) is 15.2. The summed E-state index contributed by atoms with van der Waals surface area (Å²) in [6.07, 6.45) is 1.48. The monoisotopic (exact) mass is 487 g/mol. The Bertz CT molecular complexity index is 1210. The van der Waals surface area contributed by atoms with Gasteiger partial charge in [0.15, 0.2) is 0 Å². The topological polar surface area (TPSA) is 109 Å². The van der Waals surface area contributed by atoms with Gasteiger partial charge in [0.05, 0.1) is 24.2 Å². The molecule has 0 fully saturated rings. The van der Waals surface area contributed by atoms with Crippen molar-refractivity contribution in [3.8, 4) is 0 Å². The van der Waals surface area contributed by atoms with Gasteiger partial charge in [0.1, 0.15) is 17.6 Å². The van der Waals surface area contributed by atoms with Gasteiger partial charge in [-0.25, -0.2) is 17.5 Å². The molecule has 1 atom stereocenters. The first-order chi connectivity index (χ1) is 16.2. The summed E-state index contributed by atoms with van der Waals surface area (Å²) in [5.41, 5.74) is 0.135. The van der Waals surface area contributed by atoms with E-state index in [1.165, 1.54) is 36.6 Å². The van der Waals surface area contributed by atoms with E-state index in [9.17, 15) is 22.4 Å². The number of rotatable bonds is 10. The maximum atomic E-state index is 14.0. The minimum Gasteiger partial charge on any atom is -0.467 e. The zero-order valence-electron chi connectivity index (χ0n) is 18.8. The smallest absolute Gasteiger partial charge is 0.243 e. The fourth-order valence-corrected chi connectivity index (χ4v) is 4.42. The second-order valence-electron chi connectivity index (χ2n) is 7.87. The van der Waals surface area contributed by atoms with Crippen LogP contribution in [0.1, 0.15) is 19.6 Å². The number of sulfonamides is 1. The number of anilines is 1. The Morgan fingerprint density at radius 3 is 2.38 bits per heavy atom. The quantitative estimate of drug-likeness (QED) is 0.457. The number of furan rings is 1. The predicted molar refractivity (Wildman–Crippen MR) is 125 cm³/mol. The first kappa shape index (κ1) is 25.1. The number of nitrogens with zero attached hydrogens (tertiary/aromatic N) is 1. The number of carbonyl (C=O) groups excluding carboxylic acids is 2. The van der Waals surface area contributed by atoms with Crippen LogP contribution in [0.3, 0.4) is 0 Å². The molecule has 1 unspecified atom stereocenters. The molecule has 180 valence electrons. The van der Waals surface area contributed by atoms with Crippen molar-refractivity contribution in [2.75, 3.05) is 11.4 Å². The molecule has 2 aromatic carbocycles. The maximum Gasteiger partial charge on any atom is 0.243 e. The van der Waals surface area contributed by atoms with Crippen molar-refractivity contribution >= 4 is 27.5 Å². The second kappa shape index (κ2) is 11.1. The van der Waals surface area contributed by atoms with Crippen molar-refractivity contribution in [3.63, 3.8) is 0 Å². The number of amides is 2. The lowest BCUT2D eigenvalue weighted by Crippen LogP contribution is -2.54. The molecule has 8 nitrogen and oxygen atoms in total. The third-order valence-electron chi connectivity index (χ3n) is 5.02. The Kier molecular flexibility index (Phi) is 8.19. The van der Waals surface area contributed by atoms with Crippen molar-refractivity contribution in [3.05, 3.63) is 84.6 Å². The van der Waals surface area contributed by atoms with Crippen LogP contribution in [0, 0.1) is 11.7 Å². The highest BCUT2D eigenvalue weighted by atomic mass is 32.2. The molecule has 0 spiro atoms.